The molecule has 7 heteroatoms. The topological polar surface area (TPSA) is 72.1 Å². The van der Waals surface area contributed by atoms with Crippen LogP contribution in [0, 0.1) is 0 Å². The molecule has 0 radical (unpaired) electrons. The second-order valence-corrected chi connectivity index (χ2v) is 5.78. The summed E-state index contributed by atoms with van der Waals surface area (Å²) in [5.41, 5.74) is 7.11. The Morgan fingerprint density at radius 3 is 2.26 bits per heavy atom. The van der Waals surface area contributed by atoms with E-state index in [2.05, 4.69) is 9.36 Å². The van der Waals surface area contributed by atoms with Crippen molar-refractivity contribution in [2.75, 3.05) is 4.90 Å². The van der Waals surface area contributed by atoms with Gasteiger partial charge in [-0.05, 0) is 35.9 Å². The van der Waals surface area contributed by atoms with Crippen LogP contribution < -0.4 is 10.6 Å². The van der Waals surface area contributed by atoms with Crippen LogP contribution in [-0.2, 0) is 0 Å². The molecule has 0 saturated heterocycles. The first kappa shape index (κ1) is 15.3. The molecule has 1 amide bonds. The van der Waals surface area contributed by atoms with Crippen LogP contribution >= 0.6 is 23.8 Å². The molecule has 0 spiro atoms. The molecule has 0 fully saturated rings. The summed E-state index contributed by atoms with van der Waals surface area (Å²) in [7, 11) is 0. The van der Waals surface area contributed by atoms with Crippen molar-refractivity contribution in [1.82, 2.24) is 9.36 Å². The highest BCUT2D eigenvalue weighted by Crippen LogP contribution is 2.25. The van der Waals surface area contributed by atoms with E-state index in [4.69, 9.17) is 18.0 Å². The Morgan fingerprint density at radius 1 is 1.04 bits per heavy atom. The fraction of sp³-hybridized carbons (Fsp3) is 0. The van der Waals surface area contributed by atoms with Gasteiger partial charge < -0.3 is 5.73 Å². The Balaban J connectivity index is 1.95. The smallest absolute Gasteiger partial charge is 0.267 e. The number of hydrogen-bond donors (Lipinski definition) is 1. The van der Waals surface area contributed by atoms with E-state index in [1.165, 1.54) is 11.5 Å². The lowest BCUT2D eigenvalue weighted by atomic mass is 10.2. The van der Waals surface area contributed by atoms with E-state index in [1.807, 2.05) is 36.4 Å². The summed E-state index contributed by atoms with van der Waals surface area (Å²) in [5, 5.41) is 0.610. The Hall–Kier alpha value is -2.64. The third-order valence-corrected chi connectivity index (χ3v) is 4.02. The molecule has 0 bridgehead atoms. The fourth-order valence-electron chi connectivity index (χ4n) is 2.00. The number of nitrogens with zero attached hydrogens (tertiary/aromatic N) is 3. The van der Waals surface area contributed by atoms with E-state index in [0.29, 0.717) is 10.6 Å². The minimum atomic E-state index is -0.351. The van der Waals surface area contributed by atoms with Crippen molar-refractivity contribution < 1.29 is 4.79 Å². The SMILES string of the molecule is NC(=S)N(C(=O)c1ccccc1)c1nsc(-c2ccccc2)n1. The number of benzene rings is 2. The van der Waals surface area contributed by atoms with Gasteiger partial charge in [-0.2, -0.15) is 9.36 Å². The van der Waals surface area contributed by atoms with Gasteiger partial charge in [0.2, 0.25) is 0 Å². The normalized spacial score (nSPS) is 10.3. The molecule has 3 rings (SSSR count). The number of anilines is 1. The fourth-order valence-corrected chi connectivity index (χ4v) is 2.82. The summed E-state index contributed by atoms with van der Waals surface area (Å²) in [6, 6.07) is 18.4. The van der Waals surface area contributed by atoms with Crippen LogP contribution in [0.4, 0.5) is 5.95 Å². The van der Waals surface area contributed by atoms with Gasteiger partial charge in [-0.15, -0.1) is 0 Å². The minimum absolute atomic E-state index is 0.0868. The van der Waals surface area contributed by atoms with Gasteiger partial charge in [0.25, 0.3) is 11.9 Å². The average Bonchev–Trinajstić information content (AvgIpc) is 3.06. The molecule has 2 N–H and O–H groups in total. The molecule has 0 saturated carbocycles. The summed E-state index contributed by atoms with van der Waals surface area (Å²) in [6.45, 7) is 0. The van der Waals surface area contributed by atoms with Crippen LogP contribution in [-0.4, -0.2) is 20.4 Å². The van der Waals surface area contributed by atoms with Gasteiger partial charge in [0.15, 0.2) is 5.11 Å². The molecular weight excluding hydrogens is 328 g/mol. The lowest BCUT2D eigenvalue weighted by molar-refractivity contribution is 0.100. The first-order valence-corrected chi connectivity index (χ1v) is 7.93. The molecule has 0 atom stereocenters. The lowest BCUT2D eigenvalue weighted by Crippen LogP contribution is -2.41. The second kappa shape index (κ2) is 6.64. The largest absolute Gasteiger partial charge is 0.375 e. The van der Waals surface area contributed by atoms with Crippen LogP contribution in [0.5, 0.6) is 0 Å². The molecule has 2 aromatic carbocycles. The van der Waals surface area contributed by atoms with E-state index in [1.54, 1.807) is 24.3 Å². The van der Waals surface area contributed by atoms with Crippen molar-refractivity contribution in [2.24, 2.45) is 5.73 Å². The van der Waals surface area contributed by atoms with E-state index in [-0.39, 0.29) is 17.0 Å². The Kier molecular flexibility index (Phi) is 4.40. The van der Waals surface area contributed by atoms with E-state index >= 15 is 0 Å². The zero-order chi connectivity index (χ0) is 16.2. The van der Waals surface area contributed by atoms with E-state index in [9.17, 15) is 4.79 Å². The Bertz CT molecular complexity index is 834. The first-order chi connectivity index (χ1) is 11.2. The van der Waals surface area contributed by atoms with Crippen molar-refractivity contribution in [3.05, 3.63) is 66.2 Å². The number of carbonyl (C=O) groups excluding carboxylic acids is 1. The second-order valence-electron chi connectivity index (χ2n) is 4.61. The number of rotatable bonds is 3. The van der Waals surface area contributed by atoms with Gasteiger partial charge in [0.1, 0.15) is 5.01 Å². The molecule has 114 valence electrons. The molecule has 0 aliphatic rings. The van der Waals surface area contributed by atoms with Crippen LogP contribution in [0.25, 0.3) is 10.6 Å². The maximum atomic E-state index is 12.6. The molecule has 0 aliphatic heterocycles. The quantitative estimate of drug-likeness (QED) is 0.742. The van der Waals surface area contributed by atoms with Crippen molar-refractivity contribution in [1.29, 1.82) is 0 Å². The van der Waals surface area contributed by atoms with Gasteiger partial charge >= 0.3 is 0 Å². The summed E-state index contributed by atoms with van der Waals surface area (Å²) in [5.74, 6) is -0.161. The summed E-state index contributed by atoms with van der Waals surface area (Å²) in [6.07, 6.45) is 0. The monoisotopic (exact) mass is 340 g/mol. The number of thiocarbonyl (C=S) groups is 1. The van der Waals surface area contributed by atoms with Gasteiger partial charge in [-0.25, -0.2) is 4.90 Å². The van der Waals surface area contributed by atoms with E-state index in [0.717, 1.165) is 10.5 Å². The van der Waals surface area contributed by atoms with Crippen molar-refractivity contribution in [3.8, 4) is 10.6 Å². The van der Waals surface area contributed by atoms with Crippen molar-refractivity contribution in [3.63, 3.8) is 0 Å². The predicted octanol–water partition coefficient (Wildman–Crippen LogP) is 3.10. The molecule has 0 aliphatic carbocycles. The maximum absolute atomic E-state index is 12.6. The van der Waals surface area contributed by atoms with Crippen LogP contribution in [0.3, 0.4) is 0 Å². The zero-order valence-corrected chi connectivity index (χ0v) is 13.6. The zero-order valence-electron chi connectivity index (χ0n) is 11.9. The third-order valence-electron chi connectivity index (χ3n) is 3.08. The van der Waals surface area contributed by atoms with Gasteiger partial charge in [-0.3, -0.25) is 4.79 Å². The van der Waals surface area contributed by atoms with E-state index < -0.39 is 0 Å². The molecule has 3 aromatic rings. The average molecular weight is 340 g/mol. The van der Waals surface area contributed by atoms with Gasteiger partial charge in [0, 0.05) is 11.1 Å². The highest BCUT2D eigenvalue weighted by atomic mass is 32.1. The van der Waals surface area contributed by atoms with Crippen molar-refractivity contribution in [2.45, 2.75) is 0 Å². The van der Waals surface area contributed by atoms with Gasteiger partial charge in [-0.1, -0.05) is 48.5 Å². The van der Waals surface area contributed by atoms with Crippen molar-refractivity contribution >= 4 is 40.7 Å². The first-order valence-electron chi connectivity index (χ1n) is 6.75. The number of hydrogen-bond acceptors (Lipinski definition) is 5. The standard InChI is InChI=1S/C16H12N4OS2/c17-15(22)20(14(21)12-9-5-2-6-10-12)16-18-13(23-19-16)11-7-3-1-4-8-11/h1-10H,(H2,17,22). The Morgan fingerprint density at radius 2 is 1.65 bits per heavy atom. The van der Waals surface area contributed by atoms with Crippen LogP contribution in [0.15, 0.2) is 60.7 Å². The molecule has 0 unspecified atom stereocenters. The molecule has 23 heavy (non-hydrogen) atoms. The minimum Gasteiger partial charge on any atom is -0.375 e. The molecule has 1 heterocycles. The highest BCUT2D eigenvalue weighted by molar-refractivity contribution is 7.80. The number of aromatic nitrogens is 2. The third kappa shape index (κ3) is 3.25. The summed E-state index contributed by atoms with van der Waals surface area (Å²) >= 11 is 6.20. The number of amides is 1. The lowest BCUT2D eigenvalue weighted by Gasteiger charge is -2.16. The molecule has 1 aromatic heterocycles. The summed E-state index contributed by atoms with van der Waals surface area (Å²) in [4.78, 5) is 18.2. The van der Waals surface area contributed by atoms with Gasteiger partial charge in [0.05, 0.1) is 0 Å². The predicted molar refractivity (Wildman–Crippen MR) is 95.4 cm³/mol. The molecule has 5 nitrogen and oxygen atoms in total. The maximum Gasteiger partial charge on any atom is 0.267 e. The molecular formula is C16H12N4OS2. The van der Waals surface area contributed by atoms with Crippen LogP contribution in [0.2, 0.25) is 0 Å². The number of carbonyl (C=O) groups is 1. The highest BCUT2D eigenvalue weighted by Gasteiger charge is 2.24. The summed E-state index contributed by atoms with van der Waals surface area (Å²) < 4.78 is 4.23. The van der Waals surface area contributed by atoms with Crippen LogP contribution in [0.1, 0.15) is 10.4 Å². The Labute approximate surface area is 142 Å². The number of nitrogens with two attached hydrogens (primary N) is 1.